The Labute approximate surface area is 160 Å². The second-order valence-corrected chi connectivity index (χ2v) is 7.34. The lowest BCUT2D eigenvalue weighted by molar-refractivity contribution is -0.120. The fourth-order valence-corrected chi connectivity index (χ4v) is 3.80. The topological polar surface area (TPSA) is 84.0 Å². The van der Waals surface area contributed by atoms with Crippen LogP contribution in [0.15, 0.2) is 48.0 Å². The van der Waals surface area contributed by atoms with E-state index in [1.165, 1.54) is 0 Å². The van der Waals surface area contributed by atoms with E-state index in [0.717, 1.165) is 33.2 Å². The van der Waals surface area contributed by atoms with Crippen molar-refractivity contribution in [1.29, 1.82) is 0 Å². The summed E-state index contributed by atoms with van der Waals surface area (Å²) in [7, 11) is 0. The van der Waals surface area contributed by atoms with Gasteiger partial charge in [0.2, 0.25) is 11.8 Å². The highest BCUT2D eigenvalue weighted by molar-refractivity contribution is 7.09. The van der Waals surface area contributed by atoms with Crippen LogP contribution in [-0.2, 0) is 35.4 Å². The maximum atomic E-state index is 12.2. The molecule has 27 heavy (non-hydrogen) atoms. The number of aromatic nitrogens is 2. The number of nitrogens with zero attached hydrogens (tertiary/aromatic N) is 2. The highest BCUT2D eigenvalue weighted by Crippen LogP contribution is 2.23. The second-order valence-electron chi connectivity index (χ2n) is 6.40. The maximum Gasteiger partial charge on any atom is 0.228 e. The number of fused-ring (bicyclic) bond motifs is 1. The Bertz CT molecular complexity index is 985. The summed E-state index contributed by atoms with van der Waals surface area (Å²) in [5.41, 5.74) is 4.55. The lowest BCUT2D eigenvalue weighted by Crippen LogP contribution is -2.24. The highest BCUT2D eigenvalue weighted by atomic mass is 32.1. The van der Waals surface area contributed by atoms with Gasteiger partial charge in [0.05, 0.1) is 23.5 Å². The van der Waals surface area contributed by atoms with Gasteiger partial charge in [-0.25, -0.2) is 4.98 Å². The Morgan fingerprint density at radius 2 is 2.15 bits per heavy atom. The quantitative estimate of drug-likeness (QED) is 0.690. The van der Waals surface area contributed by atoms with Gasteiger partial charge in [-0.3, -0.25) is 14.6 Å². The molecule has 0 spiro atoms. The van der Waals surface area contributed by atoms with Crippen molar-refractivity contribution in [3.8, 4) is 0 Å². The average molecular weight is 378 g/mol. The first-order chi connectivity index (χ1) is 13.2. The normalized spacial score (nSPS) is 12.5. The molecule has 0 fully saturated rings. The third-order valence-electron chi connectivity index (χ3n) is 4.28. The molecule has 1 aliphatic rings. The number of anilines is 1. The molecule has 6 nitrogen and oxygen atoms in total. The van der Waals surface area contributed by atoms with Crippen LogP contribution in [-0.4, -0.2) is 21.8 Å². The fourth-order valence-electron chi connectivity index (χ4n) is 2.99. The first-order valence-electron chi connectivity index (χ1n) is 8.67. The van der Waals surface area contributed by atoms with Crippen molar-refractivity contribution in [2.24, 2.45) is 0 Å². The number of rotatable bonds is 6. The third kappa shape index (κ3) is 4.38. The first-order valence-corrected chi connectivity index (χ1v) is 9.55. The fraction of sp³-hybridized carbons (Fsp3) is 0.200. The Kier molecular flexibility index (Phi) is 4.93. The number of hydrogen-bond donors (Lipinski definition) is 2. The molecule has 2 N–H and O–H groups in total. The highest BCUT2D eigenvalue weighted by Gasteiger charge is 2.17. The van der Waals surface area contributed by atoms with Crippen molar-refractivity contribution in [2.75, 3.05) is 5.32 Å². The van der Waals surface area contributed by atoms with Gasteiger partial charge in [0.1, 0.15) is 0 Å². The van der Waals surface area contributed by atoms with Crippen molar-refractivity contribution in [2.45, 2.75) is 25.8 Å². The maximum absolute atomic E-state index is 12.2. The minimum Gasteiger partial charge on any atom is -0.352 e. The number of nitrogens with one attached hydrogen (secondary N) is 2. The largest absolute Gasteiger partial charge is 0.352 e. The number of thiazole rings is 1. The zero-order valence-electron chi connectivity index (χ0n) is 14.6. The van der Waals surface area contributed by atoms with Gasteiger partial charge >= 0.3 is 0 Å². The lowest BCUT2D eigenvalue weighted by atomic mass is 10.1. The third-order valence-corrected chi connectivity index (χ3v) is 5.18. The SMILES string of the molecule is O=C(Cc1csc(Cc2ccccn2)n1)NCc1ccc2c(c1)CC(=O)N2. The van der Waals surface area contributed by atoms with Crippen molar-refractivity contribution in [3.63, 3.8) is 0 Å². The Hall–Kier alpha value is -3.06. The van der Waals surface area contributed by atoms with E-state index < -0.39 is 0 Å². The molecule has 0 saturated heterocycles. The molecule has 0 aliphatic carbocycles. The van der Waals surface area contributed by atoms with Gasteiger partial charge in [0.25, 0.3) is 0 Å². The number of carbonyl (C=O) groups is 2. The Morgan fingerprint density at radius 1 is 1.22 bits per heavy atom. The standard InChI is InChI=1S/C20H18N4O2S/c25-18(22-11-13-4-5-17-14(7-13)8-19(26)24-17)9-16-12-27-20(23-16)10-15-3-1-2-6-21-15/h1-7,12H,8-11H2,(H,22,25)(H,24,26). The van der Waals surface area contributed by atoms with Crippen LogP contribution in [0.5, 0.6) is 0 Å². The molecular weight excluding hydrogens is 360 g/mol. The number of amides is 2. The molecule has 0 radical (unpaired) electrons. The van der Waals surface area contributed by atoms with Crippen molar-refractivity contribution in [3.05, 3.63) is 75.5 Å². The van der Waals surface area contributed by atoms with Gasteiger partial charge in [0, 0.05) is 35.9 Å². The summed E-state index contributed by atoms with van der Waals surface area (Å²) in [6.07, 6.45) is 3.09. The van der Waals surface area contributed by atoms with Crippen LogP contribution in [0.3, 0.4) is 0 Å². The average Bonchev–Trinajstić information content (AvgIpc) is 3.25. The summed E-state index contributed by atoms with van der Waals surface area (Å²) in [6, 6.07) is 11.6. The summed E-state index contributed by atoms with van der Waals surface area (Å²) >= 11 is 1.54. The van der Waals surface area contributed by atoms with Gasteiger partial charge in [-0.1, -0.05) is 18.2 Å². The molecule has 4 rings (SSSR count). The molecule has 0 bridgehead atoms. The van der Waals surface area contributed by atoms with E-state index in [-0.39, 0.29) is 18.2 Å². The molecule has 0 unspecified atom stereocenters. The number of pyridine rings is 1. The Morgan fingerprint density at radius 3 is 3.00 bits per heavy atom. The predicted octanol–water partition coefficient (Wildman–Crippen LogP) is 2.48. The van der Waals surface area contributed by atoms with Crippen LogP contribution in [0.2, 0.25) is 0 Å². The molecule has 136 valence electrons. The van der Waals surface area contributed by atoms with Crippen LogP contribution < -0.4 is 10.6 Å². The second kappa shape index (κ2) is 7.67. The summed E-state index contributed by atoms with van der Waals surface area (Å²) in [4.78, 5) is 32.4. The van der Waals surface area contributed by atoms with Crippen molar-refractivity contribution >= 4 is 28.8 Å². The van der Waals surface area contributed by atoms with Crippen LogP contribution in [0.4, 0.5) is 5.69 Å². The number of hydrogen-bond acceptors (Lipinski definition) is 5. The monoisotopic (exact) mass is 378 g/mol. The van der Waals surface area contributed by atoms with E-state index in [2.05, 4.69) is 20.6 Å². The molecule has 3 aromatic rings. The van der Waals surface area contributed by atoms with Crippen molar-refractivity contribution < 1.29 is 9.59 Å². The number of carbonyl (C=O) groups excluding carboxylic acids is 2. The lowest BCUT2D eigenvalue weighted by Gasteiger charge is -2.06. The van der Waals surface area contributed by atoms with E-state index in [1.54, 1.807) is 17.5 Å². The zero-order chi connectivity index (χ0) is 18.6. The van der Waals surface area contributed by atoms with Gasteiger partial charge in [0.15, 0.2) is 0 Å². The molecule has 3 heterocycles. The van der Waals surface area contributed by atoms with E-state index in [0.29, 0.717) is 19.4 Å². The van der Waals surface area contributed by atoms with E-state index in [9.17, 15) is 9.59 Å². The molecule has 2 amide bonds. The summed E-state index contributed by atoms with van der Waals surface area (Å²) in [5, 5.41) is 8.59. The van der Waals surface area contributed by atoms with Gasteiger partial charge in [-0.05, 0) is 29.3 Å². The summed E-state index contributed by atoms with van der Waals surface area (Å²) in [5.74, 6) is -0.0596. The summed E-state index contributed by atoms with van der Waals surface area (Å²) < 4.78 is 0. The van der Waals surface area contributed by atoms with Crippen molar-refractivity contribution in [1.82, 2.24) is 15.3 Å². The minimum atomic E-state index is -0.0700. The molecule has 0 atom stereocenters. The first kappa shape index (κ1) is 17.4. The van der Waals surface area contributed by atoms with E-state index in [4.69, 9.17) is 0 Å². The van der Waals surface area contributed by atoms with E-state index in [1.807, 2.05) is 41.8 Å². The molecular formula is C20H18N4O2S. The minimum absolute atomic E-state index is 0.0104. The van der Waals surface area contributed by atoms with Crippen LogP contribution >= 0.6 is 11.3 Å². The molecule has 0 saturated carbocycles. The van der Waals surface area contributed by atoms with Crippen LogP contribution in [0.25, 0.3) is 0 Å². The van der Waals surface area contributed by atoms with Crippen LogP contribution in [0, 0.1) is 0 Å². The van der Waals surface area contributed by atoms with Gasteiger partial charge in [-0.15, -0.1) is 11.3 Å². The zero-order valence-corrected chi connectivity index (χ0v) is 15.4. The smallest absolute Gasteiger partial charge is 0.228 e. The molecule has 7 heteroatoms. The molecule has 1 aromatic carbocycles. The number of benzene rings is 1. The summed E-state index contributed by atoms with van der Waals surface area (Å²) in [6.45, 7) is 0.436. The van der Waals surface area contributed by atoms with Gasteiger partial charge in [-0.2, -0.15) is 0 Å². The van der Waals surface area contributed by atoms with E-state index >= 15 is 0 Å². The van der Waals surface area contributed by atoms with Crippen LogP contribution in [0.1, 0.15) is 27.5 Å². The molecule has 1 aliphatic heterocycles. The predicted molar refractivity (Wildman–Crippen MR) is 103 cm³/mol. The molecule has 2 aromatic heterocycles. The van der Waals surface area contributed by atoms with Gasteiger partial charge < -0.3 is 10.6 Å². The Balaban J connectivity index is 1.30.